The van der Waals surface area contributed by atoms with Crippen LogP contribution in [0.2, 0.25) is 0 Å². The fraction of sp³-hybridized carbons (Fsp3) is 0.367. The predicted octanol–water partition coefficient (Wildman–Crippen LogP) is 8.49. The molecule has 0 unspecified atom stereocenters. The van der Waals surface area contributed by atoms with E-state index in [-0.39, 0.29) is 5.41 Å². The number of aryl methyl sites for hydroxylation is 1. The molecule has 0 fully saturated rings. The molecule has 0 spiro atoms. The highest BCUT2D eigenvalue weighted by atomic mass is 16.7. The third kappa shape index (κ3) is 7.49. The average molecular weight is 445 g/mol. The van der Waals surface area contributed by atoms with Crippen LogP contribution in [0.4, 0.5) is 4.79 Å². The summed E-state index contributed by atoms with van der Waals surface area (Å²) in [6.45, 7) is 6.61. The van der Waals surface area contributed by atoms with Crippen molar-refractivity contribution < 1.29 is 14.3 Å². The van der Waals surface area contributed by atoms with E-state index in [4.69, 9.17) is 9.47 Å². The maximum Gasteiger partial charge on any atom is 0.519 e. The lowest BCUT2D eigenvalue weighted by atomic mass is 9.78. The Balaban J connectivity index is 1.47. The first-order chi connectivity index (χ1) is 16.0. The summed E-state index contributed by atoms with van der Waals surface area (Å²) in [5.41, 5.74) is 3.51. The summed E-state index contributed by atoms with van der Waals surface area (Å²) < 4.78 is 10.7. The standard InChI is InChI=1S/C30H36O3/c1-4-5-6-7-8-10-13-24-16-20-27(21-17-24)32-29(31)33-28-22-18-26(19-23-28)30(2,3)25-14-11-9-12-15-25/h9,11-12,14-23H,4-8,10,13H2,1-3H3. The first-order valence-corrected chi connectivity index (χ1v) is 12.1. The van der Waals surface area contributed by atoms with Crippen LogP contribution in [0.1, 0.15) is 76.0 Å². The number of hydrogen-bond donors (Lipinski definition) is 0. The van der Waals surface area contributed by atoms with Crippen molar-refractivity contribution in [1.29, 1.82) is 0 Å². The number of unbranched alkanes of at least 4 members (excludes halogenated alkanes) is 5. The minimum Gasteiger partial charge on any atom is -0.395 e. The van der Waals surface area contributed by atoms with Crippen LogP contribution in [0, 0.1) is 0 Å². The lowest BCUT2D eigenvalue weighted by Crippen LogP contribution is -2.19. The van der Waals surface area contributed by atoms with Gasteiger partial charge in [-0.1, -0.05) is 107 Å². The number of ether oxygens (including phenoxy) is 2. The zero-order chi connectivity index (χ0) is 23.5. The summed E-state index contributed by atoms with van der Waals surface area (Å²) in [7, 11) is 0. The van der Waals surface area contributed by atoms with E-state index in [0.717, 1.165) is 12.0 Å². The molecule has 0 saturated heterocycles. The summed E-state index contributed by atoms with van der Waals surface area (Å²) >= 11 is 0. The Hall–Kier alpha value is -3.07. The van der Waals surface area contributed by atoms with E-state index in [9.17, 15) is 4.79 Å². The van der Waals surface area contributed by atoms with E-state index in [0.29, 0.717) is 11.5 Å². The number of hydrogen-bond acceptors (Lipinski definition) is 3. The Kier molecular flexibility index (Phi) is 9.12. The molecule has 0 aromatic heterocycles. The van der Waals surface area contributed by atoms with Crippen LogP contribution < -0.4 is 9.47 Å². The summed E-state index contributed by atoms with van der Waals surface area (Å²) in [4.78, 5) is 12.2. The molecule has 0 radical (unpaired) electrons. The highest BCUT2D eigenvalue weighted by molar-refractivity contribution is 5.67. The van der Waals surface area contributed by atoms with Crippen molar-refractivity contribution in [3.8, 4) is 11.5 Å². The van der Waals surface area contributed by atoms with E-state index in [1.807, 2.05) is 66.7 Å². The zero-order valence-corrected chi connectivity index (χ0v) is 20.2. The maximum atomic E-state index is 12.2. The highest BCUT2D eigenvalue weighted by Crippen LogP contribution is 2.32. The average Bonchev–Trinajstić information content (AvgIpc) is 2.83. The van der Waals surface area contributed by atoms with Gasteiger partial charge >= 0.3 is 6.16 Å². The normalized spacial score (nSPS) is 11.2. The van der Waals surface area contributed by atoms with E-state index in [1.165, 1.54) is 49.7 Å². The van der Waals surface area contributed by atoms with Gasteiger partial charge in [-0.05, 0) is 53.8 Å². The van der Waals surface area contributed by atoms with Gasteiger partial charge in [0.1, 0.15) is 11.5 Å². The first-order valence-electron chi connectivity index (χ1n) is 12.1. The molecule has 0 bridgehead atoms. The molecule has 174 valence electrons. The van der Waals surface area contributed by atoms with Gasteiger partial charge in [0, 0.05) is 5.41 Å². The van der Waals surface area contributed by atoms with Crippen LogP contribution in [0.3, 0.4) is 0 Å². The third-order valence-electron chi connectivity index (χ3n) is 6.22. The molecule has 0 atom stereocenters. The molecule has 3 heteroatoms. The number of rotatable bonds is 11. The van der Waals surface area contributed by atoms with Crippen LogP contribution in [0.25, 0.3) is 0 Å². The van der Waals surface area contributed by atoms with E-state index < -0.39 is 6.16 Å². The fourth-order valence-electron chi connectivity index (χ4n) is 4.01. The molecule has 0 aliphatic carbocycles. The van der Waals surface area contributed by atoms with Gasteiger partial charge in [-0.15, -0.1) is 0 Å². The Bertz CT molecular complexity index is 973. The van der Waals surface area contributed by atoms with Crippen molar-refractivity contribution >= 4 is 6.16 Å². The maximum absolute atomic E-state index is 12.2. The summed E-state index contributed by atoms with van der Waals surface area (Å²) in [6, 6.07) is 25.7. The third-order valence-corrected chi connectivity index (χ3v) is 6.22. The smallest absolute Gasteiger partial charge is 0.395 e. The largest absolute Gasteiger partial charge is 0.519 e. The number of benzene rings is 3. The van der Waals surface area contributed by atoms with Crippen molar-refractivity contribution in [3.05, 3.63) is 95.6 Å². The SMILES string of the molecule is CCCCCCCCc1ccc(OC(=O)Oc2ccc(C(C)(C)c3ccccc3)cc2)cc1. The molecule has 0 aliphatic rings. The van der Waals surface area contributed by atoms with Gasteiger partial charge in [-0.25, -0.2) is 4.79 Å². The number of carbonyl (C=O) groups excluding carboxylic acids is 1. The van der Waals surface area contributed by atoms with Gasteiger partial charge in [0.05, 0.1) is 0 Å². The van der Waals surface area contributed by atoms with Crippen LogP contribution in [0.15, 0.2) is 78.9 Å². The van der Waals surface area contributed by atoms with Crippen molar-refractivity contribution in [2.75, 3.05) is 0 Å². The van der Waals surface area contributed by atoms with Gasteiger partial charge in [-0.3, -0.25) is 0 Å². The second-order valence-corrected chi connectivity index (χ2v) is 9.13. The quantitative estimate of drug-likeness (QED) is 0.169. The Morgan fingerprint density at radius 3 is 1.79 bits per heavy atom. The fourth-order valence-corrected chi connectivity index (χ4v) is 4.01. The van der Waals surface area contributed by atoms with Crippen molar-refractivity contribution in [1.82, 2.24) is 0 Å². The second kappa shape index (κ2) is 12.2. The summed E-state index contributed by atoms with van der Waals surface area (Å²) in [5, 5.41) is 0. The van der Waals surface area contributed by atoms with Gasteiger partial charge in [0.25, 0.3) is 0 Å². The van der Waals surface area contributed by atoms with Crippen LogP contribution in [-0.2, 0) is 11.8 Å². The topological polar surface area (TPSA) is 35.5 Å². The van der Waals surface area contributed by atoms with Gasteiger partial charge in [0.2, 0.25) is 0 Å². The Morgan fingerprint density at radius 1 is 0.667 bits per heavy atom. The molecule has 0 amide bonds. The van der Waals surface area contributed by atoms with Gasteiger partial charge in [0.15, 0.2) is 0 Å². The van der Waals surface area contributed by atoms with Crippen molar-refractivity contribution in [2.24, 2.45) is 0 Å². The molecular formula is C30H36O3. The van der Waals surface area contributed by atoms with Crippen molar-refractivity contribution in [2.45, 2.75) is 71.1 Å². The first kappa shape index (κ1) is 24.6. The molecule has 0 heterocycles. The predicted molar refractivity (Wildman–Crippen MR) is 135 cm³/mol. The lowest BCUT2D eigenvalue weighted by Gasteiger charge is -2.26. The molecule has 0 aliphatic heterocycles. The zero-order valence-electron chi connectivity index (χ0n) is 20.2. The van der Waals surface area contributed by atoms with Crippen molar-refractivity contribution in [3.63, 3.8) is 0 Å². The van der Waals surface area contributed by atoms with Crippen LogP contribution in [-0.4, -0.2) is 6.16 Å². The summed E-state index contributed by atoms with van der Waals surface area (Å²) in [6.07, 6.45) is 8.05. The molecule has 3 nitrogen and oxygen atoms in total. The lowest BCUT2D eigenvalue weighted by molar-refractivity contribution is 0.152. The Morgan fingerprint density at radius 2 is 1.18 bits per heavy atom. The van der Waals surface area contributed by atoms with E-state index in [1.54, 1.807) is 0 Å². The molecule has 0 saturated carbocycles. The minimum absolute atomic E-state index is 0.141. The minimum atomic E-state index is -0.728. The molecular weight excluding hydrogens is 408 g/mol. The molecule has 3 aromatic carbocycles. The van der Waals surface area contributed by atoms with Crippen LogP contribution in [0.5, 0.6) is 11.5 Å². The van der Waals surface area contributed by atoms with Gasteiger partial charge < -0.3 is 9.47 Å². The molecule has 3 rings (SSSR count). The number of carbonyl (C=O) groups is 1. The molecule has 3 aromatic rings. The Labute approximate surface area is 198 Å². The molecule has 0 N–H and O–H groups in total. The van der Waals surface area contributed by atoms with E-state index in [2.05, 4.69) is 32.9 Å². The second-order valence-electron chi connectivity index (χ2n) is 9.13. The summed E-state index contributed by atoms with van der Waals surface area (Å²) in [5.74, 6) is 0.959. The monoisotopic (exact) mass is 444 g/mol. The van der Waals surface area contributed by atoms with Crippen LogP contribution >= 0.6 is 0 Å². The highest BCUT2D eigenvalue weighted by Gasteiger charge is 2.22. The molecule has 33 heavy (non-hydrogen) atoms. The van der Waals surface area contributed by atoms with Gasteiger partial charge in [-0.2, -0.15) is 0 Å². The van der Waals surface area contributed by atoms with E-state index >= 15 is 0 Å².